The van der Waals surface area contributed by atoms with Gasteiger partial charge in [-0.1, -0.05) is 31.9 Å². The summed E-state index contributed by atoms with van der Waals surface area (Å²) in [6.07, 6.45) is 5.17. The highest BCUT2D eigenvalue weighted by Crippen LogP contribution is 2.43. The van der Waals surface area contributed by atoms with Gasteiger partial charge < -0.3 is 10.2 Å². The number of phenolic OH excluding ortho intramolecular Hbond substituents is 1. The highest BCUT2D eigenvalue weighted by atomic mass is 35.5. The molecular weight excluding hydrogens is 276 g/mol. The van der Waals surface area contributed by atoms with E-state index in [0.29, 0.717) is 5.02 Å². The molecule has 1 aliphatic rings. The quantitative estimate of drug-likeness (QED) is 0.827. The first-order valence-corrected chi connectivity index (χ1v) is 7.46. The molecule has 0 saturated heterocycles. The van der Waals surface area contributed by atoms with Crippen molar-refractivity contribution in [3.63, 3.8) is 0 Å². The molecule has 0 amide bonds. The summed E-state index contributed by atoms with van der Waals surface area (Å²) in [4.78, 5) is 11.1. The predicted octanol–water partition coefficient (Wildman–Crippen LogP) is 4.07. The Balaban J connectivity index is 2.61. The van der Waals surface area contributed by atoms with Crippen LogP contribution in [0.4, 0.5) is 0 Å². The van der Waals surface area contributed by atoms with Crippen LogP contribution in [0, 0.1) is 0 Å². The van der Waals surface area contributed by atoms with Gasteiger partial charge in [-0.25, -0.2) is 0 Å². The molecule has 0 saturated carbocycles. The maximum Gasteiger partial charge on any atom is 0.304 e. The Morgan fingerprint density at radius 1 is 1.30 bits per heavy atom. The third-order valence-corrected chi connectivity index (χ3v) is 4.38. The van der Waals surface area contributed by atoms with Crippen LogP contribution >= 0.6 is 11.6 Å². The SMILES string of the molecule is CC(C)(CC(=O)O)c1c(O)c(Cl)cc2c1CCCCC2. The van der Waals surface area contributed by atoms with E-state index in [4.69, 9.17) is 16.7 Å². The molecule has 0 bridgehead atoms. The third-order valence-electron chi connectivity index (χ3n) is 4.10. The van der Waals surface area contributed by atoms with Crippen LogP contribution in [-0.4, -0.2) is 16.2 Å². The molecular formula is C16H21ClO3. The smallest absolute Gasteiger partial charge is 0.304 e. The van der Waals surface area contributed by atoms with E-state index in [-0.39, 0.29) is 12.2 Å². The van der Waals surface area contributed by atoms with E-state index in [2.05, 4.69) is 0 Å². The Bertz CT molecular complexity index is 535. The normalized spacial score (nSPS) is 15.6. The Labute approximate surface area is 124 Å². The molecule has 110 valence electrons. The summed E-state index contributed by atoms with van der Waals surface area (Å²) in [7, 11) is 0. The second-order valence-corrected chi connectivity index (χ2v) is 6.64. The second kappa shape index (κ2) is 5.65. The van der Waals surface area contributed by atoms with Gasteiger partial charge in [-0.3, -0.25) is 4.79 Å². The minimum Gasteiger partial charge on any atom is -0.506 e. The van der Waals surface area contributed by atoms with Crippen LogP contribution in [0.3, 0.4) is 0 Å². The van der Waals surface area contributed by atoms with E-state index >= 15 is 0 Å². The zero-order valence-electron chi connectivity index (χ0n) is 12.0. The maximum absolute atomic E-state index is 11.1. The molecule has 0 radical (unpaired) electrons. The number of halogens is 1. The predicted molar refractivity (Wildman–Crippen MR) is 79.7 cm³/mol. The number of hydrogen-bond donors (Lipinski definition) is 2. The summed E-state index contributed by atoms with van der Waals surface area (Å²) < 4.78 is 0. The number of aromatic hydroxyl groups is 1. The van der Waals surface area contributed by atoms with Gasteiger partial charge in [0.1, 0.15) is 5.75 Å². The van der Waals surface area contributed by atoms with Crippen LogP contribution < -0.4 is 0 Å². The van der Waals surface area contributed by atoms with Gasteiger partial charge in [0.25, 0.3) is 0 Å². The fraction of sp³-hybridized carbons (Fsp3) is 0.562. The van der Waals surface area contributed by atoms with Crippen molar-refractivity contribution in [1.29, 1.82) is 0 Å². The van der Waals surface area contributed by atoms with Crippen molar-refractivity contribution >= 4 is 17.6 Å². The molecule has 3 nitrogen and oxygen atoms in total. The number of aliphatic carboxylic acids is 1. The van der Waals surface area contributed by atoms with Gasteiger partial charge in [0.15, 0.2) is 0 Å². The summed E-state index contributed by atoms with van der Waals surface area (Å²) in [5.74, 6) is -0.810. The molecule has 0 aromatic heterocycles. The summed E-state index contributed by atoms with van der Waals surface area (Å²) in [5, 5.41) is 19.8. The van der Waals surface area contributed by atoms with E-state index in [0.717, 1.165) is 43.2 Å². The van der Waals surface area contributed by atoms with Crippen LogP contribution in [0.2, 0.25) is 5.02 Å². The summed E-state index contributed by atoms with van der Waals surface area (Å²) in [5.41, 5.74) is 2.37. The zero-order valence-corrected chi connectivity index (χ0v) is 12.8. The third kappa shape index (κ3) is 2.93. The van der Waals surface area contributed by atoms with Gasteiger partial charge in [-0.2, -0.15) is 0 Å². The topological polar surface area (TPSA) is 57.5 Å². The first-order chi connectivity index (χ1) is 9.33. The Hall–Kier alpha value is -1.22. The number of rotatable bonds is 3. The maximum atomic E-state index is 11.1. The molecule has 0 atom stereocenters. The summed E-state index contributed by atoms with van der Waals surface area (Å²) >= 11 is 6.15. The monoisotopic (exact) mass is 296 g/mol. The van der Waals surface area contributed by atoms with E-state index in [1.165, 1.54) is 5.56 Å². The molecule has 0 spiro atoms. The van der Waals surface area contributed by atoms with Crippen molar-refractivity contribution in [2.45, 2.75) is 57.8 Å². The highest BCUT2D eigenvalue weighted by Gasteiger charge is 2.32. The number of phenols is 1. The Morgan fingerprint density at radius 2 is 1.95 bits per heavy atom. The zero-order chi connectivity index (χ0) is 14.9. The van der Waals surface area contributed by atoms with Crippen molar-refractivity contribution in [3.8, 4) is 5.75 Å². The fourth-order valence-electron chi connectivity index (χ4n) is 3.23. The average Bonchev–Trinajstić information content (AvgIpc) is 2.53. The molecule has 2 N–H and O–H groups in total. The van der Waals surface area contributed by atoms with Gasteiger partial charge in [-0.05, 0) is 42.9 Å². The molecule has 4 heteroatoms. The summed E-state index contributed by atoms with van der Waals surface area (Å²) in [6.45, 7) is 3.72. The van der Waals surface area contributed by atoms with Crippen LogP contribution in [-0.2, 0) is 23.1 Å². The second-order valence-electron chi connectivity index (χ2n) is 6.23. The molecule has 0 unspecified atom stereocenters. The van der Waals surface area contributed by atoms with Crippen LogP contribution in [0.25, 0.3) is 0 Å². The number of benzene rings is 1. The first-order valence-electron chi connectivity index (χ1n) is 7.08. The summed E-state index contributed by atoms with van der Waals surface area (Å²) in [6, 6.07) is 1.85. The molecule has 1 aliphatic carbocycles. The molecule has 1 aromatic carbocycles. The number of carboxylic acid groups (broad SMARTS) is 1. The number of carbonyl (C=O) groups is 1. The van der Waals surface area contributed by atoms with Gasteiger partial charge in [0.05, 0.1) is 11.4 Å². The number of hydrogen-bond acceptors (Lipinski definition) is 2. The molecule has 2 rings (SSSR count). The van der Waals surface area contributed by atoms with Crippen molar-refractivity contribution < 1.29 is 15.0 Å². The van der Waals surface area contributed by atoms with E-state index in [9.17, 15) is 9.90 Å². The molecule has 0 heterocycles. The number of aryl methyl sites for hydroxylation is 1. The van der Waals surface area contributed by atoms with E-state index in [1.807, 2.05) is 19.9 Å². The van der Waals surface area contributed by atoms with Crippen LogP contribution in [0.15, 0.2) is 6.07 Å². The van der Waals surface area contributed by atoms with Gasteiger partial charge >= 0.3 is 5.97 Å². The molecule has 20 heavy (non-hydrogen) atoms. The standard InChI is InChI=1S/C16H21ClO3/c1-16(2,9-13(18)19)14-11-7-5-3-4-6-10(11)8-12(17)15(14)20/h8,20H,3-7,9H2,1-2H3,(H,18,19). The average molecular weight is 297 g/mol. The Morgan fingerprint density at radius 3 is 2.60 bits per heavy atom. The molecule has 0 fully saturated rings. The fourth-order valence-corrected chi connectivity index (χ4v) is 3.46. The lowest BCUT2D eigenvalue weighted by Crippen LogP contribution is -2.24. The van der Waals surface area contributed by atoms with Gasteiger partial charge in [0, 0.05) is 11.0 Å². The lowest BCUT2D eigenvalue weighted by atomic mass is 9.76. The Kier molecular flexibility index (Phi) is 4.28. The van der Waals surface area contributed by atoms with Gasteiger partial charge in [-0.15, -0.1) is 0 Å². The first kappa shape index (κ1) is 15.2. The number of fused-ring (bicyclic) bond motifs is 1. The van der Waals surface area contributed by atoms with Gasteiger partial charge in [0.2, 0.25) is 0 Å². The lowest BCUT2D eigenvalue weighted by Gasteiger charge is -2.29. The van der Waals surface area contributed by atoms with E-state index < -0.39 is 11.4 Å². The minimum atomic E-state index is -0.864. The van der Waals surface area contributed by atoms with Crippen molar-refractivity contribution in [2.24, 2.45) is 0 Å². The molecule has 0 aliphatic heterocycles. The largest absolute Gasteiger partial charge is 0.506 e. The molecule has 1 aromatic rings. The van der Waals surface area contributed by atoms with E-state index in [1.54, 1.807) is 0 Å². The van der Waals surface area contributed by atoms with Crippen molar-refractivity contribution in [1.82, 2.24) is 0 Å². The number of carboxylic acids is 1. The lowest BCUT2D eigenvalue weighted by molar-refractivity contribution is -0.138. The van der Waals surface area contributed by atoms with Crippen molar-refractivity contribution in [3.05, 3.63) is 27.8 Å². The van der Waals surface area contributed by atoms with Crippen LogP contribution in [0.5, 0.6) is 5.75 Å². The van der Waals surface area contributed by atoms with Crippen molar-refractivity contribution in [2.75, 3.05) is 0 Å². The highest BCUT2D eigenvalue weighted by molar-refractivity contribution is 6.32. The van der Waals surface area contributed by atoms with Crippen LogP contribution in [0.1, 0.15) is 56.2 Å². The minimum absolute atomic E-state index is 0.0205.